The Morgan fingerprint density at radius 3 is 2.22 bits per heavy atom. The number of nitrogen functional groups attached to an aromatic ring is 1. The number of aryl methyl sites for hydroxylation is 1. The molecule has 196 valence electrons. The first-order valence-corrected chi connectivity index (χ1v) is 11.9. The van der Waals surface area contributed by atoms with Crippen LogP contribution in [0.1, 0.15) is 32.9 Å². The largest absolute Gasteiger partial charge is 0.463 e. The van der Waals surface area contributed by atoms with E-state index in [1.165, 1.54) is 31.5 Å². The summed E-state index contributed by atoms with van der Waals surface area (Å²) in [7, 11) is 0. The van der Waals surface area contributed by atoms with E-state index in [4.69, 9.17) is 5.73 Å². The molecule has 0 aliphatic rings. The van der Waals surface area contributed by atoms with Gasteiger partial charge in [-0.2, -0.15) is 4.39 Å². The van der Waals surface area contributed by atoms with Crippen molar-refractivity contribution in [3.63, 3.8) is 0 Å². The van der Waals surface area contributed by atoms with Crippen LogP contribution in [0.25, 0.3) is 5.65 Å². The monoisotopic (exact) mass is 640 g/mol. The molecule has 0 aliphatic carbocycles. The molecule has 0 saturated carbocycles. The zero-order chi connectivity index (χ0) is 27.6. The summed E-state index contributed by atoms with van der Waals surface area (Å²) in [6.45, 7) is 4.80. The van der Waals surface area contributed by atoms with Gasteiger partial charge < -0.3 is 10.5 Å². The van der Waals surface area contributed by atoms with Crippen molar-refractivity contribution in [2.75, 3.05) is 12.3 Å². The van der Waals surface area contributed by atoms with E-state index >= 15 is 0 Å². The summed E-state index contributed by atoms with van der Waals surface area (Å²) < 4.78 is 58.0. The minimum atomic E-state index is -2.10. The number of carbonyl (C=O) groups excluding carboxylic acids is 2. The maximum atomic E-state index is 13.5. The average Bonchev–Trinajstić information content (AvgIpc) is 2.84. The smallest absolute Gasteiger partial charge is 0.348 e. The van der Waals surface area contributed by atoms with Crippen molar-refractivity contribution in [1.29, 1.82) is 0 Å². The van der Waals surface area contributed by atoms with E-state index in [-0.39, 0.29) is 36.6 Å². The number of esters is 1. The highest BCUT2D eigenvalue weighted by Crippen LogP contribution is 2.15. The number of anilines is 1. The molecular formula is C22H22Br2F4N4O4. The quantitative estimate of drug-likeness (QED) is 0.243. The number of nitrogens with two attached hydrogens (primary N) is 1. The third kappa shape index (κ3) is 8.66. The zero-order valence-corrected chi connectivity index (χ0v) is 22.5. The molecular weight excluding hydrogens is 620 g/mol. The van der Waals surface area contributed by atoms with Crippen LogP contribution < -0.4 is 11.3 Å². The number of ketones is 1. The number of hydrogen-bond donors (Lipinski definition) is 1. The highest BCUT2D eigenvalue weighted by atomic mass is 79.9. The van der Waals surface area contributed by atoms with Crippen molar-refractivity contribution in [3.05, 3.63) is 67.0 Å². The minimum Gasteiger partial charge on any atom is -0.463 e. The zero-order valence-electron chi connectivity index (χ0n) is 19.3. The van der Waals surface area contributed by atoms with Gasteiger partial charge in [-0.05, 0) is 57.3 Å². The SMILES string of the molecule is CCOC(=O)C(F)C(=O)CC.CCc1nc2c(F)cc(Br)cn2c(=O)c1F.Nc1ncc(Br)cc1F. The fraction of sp³-hybridized carbons (Fsp3) is 0.318. The predicted octanol–water partition coefficient (Wildman–Crippen LogP) is 4.73. The summed E-state index contributed by atoms with van der Waals surface area (Å²) in [5, 5.41) is 0. The van der Waals surface area contributed by atoms with Crippen molar-refractivity contribution < 1.29 is 31.9 Å². The van der Waals surface area contributed by atoms with E-state index in [1.807, 2.05) is 0 Å². The van der Waals surface area contributed by atoms with Crippen LogP contribution in [0, 0.1) is 17.5 Å². The molecule has 1 unspecified atom stereocenters. The number of Topliss-reactive ketones (excluding diaryl/α,β-unsaturated/α-hetero) is 1. The number of nitrogens with zero attached hydrogens (tertiary/aromatic N) is 3. The molecule has 36 heavy (non-hydrogen) atoms. The molecule has 0 aromatic carbocycles. The predicted molar refractivity (Wildman–Crippen MR) is 132 cm³/mol. The molecule has 0 radical (unpaired) electrons. The van der Waals surface area contributed by atoms with E-state index in [2.05, 4.69) is 46.6 Å². The number of alkyl halides is 1. The molecule has 0 spiro atoms. The highest BCUT2D eigenvalue weighted by Gasteiger charge is 2.25. The average molecular weight is 642 g/mol. The molecule has 8 nitrogen and oxygen atoms in total. The molecule has 3 rings (SSSR count). The maximum absolute atomic E-state index is 13.5. The first-order valence-electron chi connectivity index (χ1n) is 10.3. The lowest BCUT2D eigenvalue weighted by Gasteiger charge is -2.05. The summed E-state index contributed by atoms with van der Waals surface area (Å²) in [6.07, 6.45) is 0.891. The lowest BCUT2D eigenvalue weighted by Crippen LogP contribution is -2.27. The van der Waals surface area contributed by atoms with Gasteiger partial charge in [0, 0.05) is 27.8 Å². The van der Waals surface area contributed by atoms with Gasteiger partial charge in [0.05, 0.1) is 12.3 Å². The number of carbonyl (C=O) groups is 2. The van der Waals surface area contributed by atoms with Crippen molar-refractivity contribution >= 4 is 55.1 Å². The van der Waals surface area contributed by atoms with Crippen LogP contribution in [0.5, 0.6) is 0 Å². The number of halogens is 6. The Labute approximate surface area is 220 Å². The van der Waals surface area contributed by atoms with Gasteiger partial charge in [-0.25, -0.2) is 27.9 Å². The topological polar surface area (TPSA) is 117 Å². The first-order chi connectivity index (χ1) is 16.9. The van der Waals surface area contributed by atoms with Crippen molar-refractivity contribution in [2.45, 2.75) is 39.8 Å². The van der Waals surface area contributed by atoms with Crippen LogP contribution in [0.15, 0.2) is 38.3 Å². The molecule has 3 aromatic heterocycles. The number of rotatable bonds is 5. The molecule has 0 fully saturated rings. The molecule has 2 N–H and O–H groups in total. The van der Waals surface area contributed by atoms with Crippen molar-refractivity contribution in [3.8, 4) is 0 Å². The molecule has 0 saturated heterocycles. The molecule has 1 atom stereocenters. The van der Waals surface area contributed by atoms with Gasteiger partial charge in [0.25, 0.3) is 11.7 Å². The standard InChI is InChI=1S/C10H7BrF2N2O.C7H11FO3.C5H4BrFN2/c1-2-7-8(13)10(16)15-4-5(11)3-6(12)9(15)14-7;1-3-5(9)6(8)7(10)11-4-2;6-3-1-4(7)5(8)9-2-3/h3-4H,2H2,1H3;6H,3-4H2,1-2H3;1-2H,(H2,8,9). The lowest BCUT2D eigenvalue weighted by atomic mass is 10.2. The molecule has 3 heterocycles. The lowest BCUT2D eigenvalue weighted by molar-refractivity contribution is -0.152. The highest BCUT2D eigenvalue weighted by molar-refractivity contribution is 9.10. The number of aromatic nitrogens is 3. The fourth-order valence-electron chi connectivity index (χ4n) is 2.38. The Morgan fingerprint density at radius 2 is 1.72 bits per heavy atom. The van der Waals surface area contributed by atoms with E-state index < -0.39 is 40.9 Å². The first kappa shape index (κ1) is 31.2. The Balaban J connectivity index is 0.000000285. The second kappa shape index (κ2) is 14.6. The second-order valence-electron chi connectivity index (χ2n) is 6.69. The van der Waals surface area contributed by atoms with Crippen LogP contribution in [0.3, 0.4) is 0 Å². The van der Waals surface area contributed by atoms with E-state index in [1.54, 1.807) is 13.8 Å². The maximum Gasteiger partial charge on any atom is 0.348 e. The van der Waals surface area contributed by atoms with Gasteiger partial charge in [-0.15, -0.1) is 0 Å². The van der Waals surface area contributed by atoms with Crippen molar-refractivity contribution in [2.24, 2.45) is 0 Å². The van der Waals surface area contributed by atoms with Crippen molar-refractivity contribution in [1.82, 2.24) is 14.4 Å². The molecule has 14 heteroatoms. The van der Waals surface area contributed by atoms with E-state index in [0.717, 1.165) is 4.40 Å². The van der Waals surface area contributed by atoms with Crippen LogP contribution in [0.4, 0.5) is 23.4 Å². The summed E-state index contributed by atoms with van der Waals surface area (Å²) in [5.41, 5.74) is 4.01. The second-order valence-corrected chi connectivity index (χ2v) is 8.52. The Bertz CT molecular complexity index is 1290. The summed E-state index contributed by atoms with van der Waals surface area (Å²) in [6, 6.07) is 2.45. The molecule has 0 amide bonds. The Kier molecular flexibility index (Phi) is 12.7. The summed E-state index contributed by atoms with van der Waals surface area (Å²) in [4.78, 5) is 40.0. The number of hydrogen-bond acceptors (Lipinski definition) is 7. The van der Waals surface area contributed by atoms with Crippen LogP contribution in [0.2, 0.25) is 0 Å². The minimum absolute atomic E-state index is 0.0139. The van der Waals surface area contributed by atoms with Crippen LogP contribution in [-0.4, -0.2) is 38.9 Å². The summed E-state index contributed by atoms with van der Waals surface area (Å²) >= 11 is 6.07. The van der Waals surface area contributed by atoms with Gasteiger partial charge in [0.15, 0.2) is 28.9 Å². The third-order valence-electron chi connectivity index (χ3n) is 4.16. The number of pyridine rings is 2. The van der Waals surface area contributed by atoms with Gasteiger partial charge in [0.1, 0.15) is 0 Å². The van der Waals surface area contributed by atoms with Gasteiger partial charge in [0.2, 0.25) is 5.82 Å². The normalized spacial score (nSPS) is 11.0. The van der Waals surface area contributed by atoms with Gasteiger partial charge in [-0.3, -0.25) is 14.0 Å². The molecule has 0 aliphatic heterocycles. The van der Waals surface area contributed by atoms with Gasteiger partial charge >= 0.3 is 5.97 Å². The van der Waals surface area contributed by atoms with Crippen LogP contribution in [-0.2, 0) is 20.7 Å². The third-order valence-corrected chi connectivity index (χ3v) is 5.02. The van der Waals surface area contributed by atoms with E-state index in [0.29, 0.717) is 8.95 Å². The van der Waals surface area contributed by atoms with Crippen LogP contribution >= 0.6 is 31.9 Å². The van der Waals surface area contributed by atoms with E-state index in [9.17, 15) is 31.9 Å². The van der Waals surface area contributed by atoms with Gasteiger partial charge in [-0.1, -0.05) is 13.8 Å². The number of ether oxygens (including phenoxy) is 1. The fourth-order valence-corrected chi connectivity index (χ4v) is 3.09. The number of fused-ring (bicyclic) bond motifs is 1. The molecule has 3 aromatic rings. The summed E-state index contributed by atoms with van der Waals surface area (Å²) in [5.74, 6) is -3.98. The molecule has 0 bridgehead atoms. The Hall–Kier alpha value is -2.87. The Morgan fingerprint density at radius 1 is 1.11 bits per heavy atom.